The molecule has 0 radical (unpaired) electrons. The number of anilines is 1. The molecule has 2 aliphatic rings. The third-order valence-corrected chi connectivity index (χ3v) is 5.47. The maximum atomic E-state index is 11.7. The van der Waals surface area contributed by atoms with E-state index in [1.807, 2.05) is 11.8 Å². The van der Waals surface area contributed by atoms with Crippen molar-refractivity contribution in [3.63, 3.8) is 0 Å². The molecule has 1 aliphatic carbocycles. The first-order valence-corrected chi connectivity index (χ1v) is 9.72. The number of carbonyl (C=O) groups excluding carboxylic acids is 1. The maximum Gasteiger partial charge on any atom is 0.219 e. The maximum absolute atomic E-state index is 11.7. The number of nitrogens with one attached hydrogen (secondary N) is 1. The third-order valence-electron chi connectivity index (χ3n) is 5.47. The van der Waals surface area contributed by atoms with Crippen LogP contribution >= 0.6 is 0 Å². The Balaban J connectivity index is 1.56. The molecule has 1 N–H and O–H groups in total. The van der Waals surface area contributed by atoms with Gasteiger partial charge in [-0.15, -0.1) is 0 Å². The van der Waals surface area contributed by atoms with Gasteiger partial charge in [0.1, 0.15) is 17.5 Å². The second-order valence-electron chi connectivity index (χ2n) is 7.45. The molecule has 0 unspecified atom stereocenters. The van der Waals surface area contributed by atoms with E-state index in [0.29, 0.717) is 25.5 Å². The molecule has 1 amide bonds. The van der Waals surface area contributed by atoms with Gasteiger partial charge in [0.05, 0.1) is 18.8 Å². The average Bonchev–Trinajstić information content (AvgIpc) is 2.65. The van der Waals surface area contributed by atoms with Crippen LogP contribution in [-0.4, -0.2) is 37.3 Å². The van der Waals surface area contributed by atoms with Gasteiger partial charge in [-0.2, -0.15) is 0 Å². The van der Waals surface area contributed by atoms with Crippen LogP contribution in [-0.2, 0) is 37.1 Å². The fourth-order valence-corrected chi connectivity index (χ4v) is 4.06. The van der Waals surface area contributed by atoms with E-state index in [-0.39, 0.29) is 5.91 Å². The SMILES string of the molecule is CC(=O)N1CCc2c(nc(C)nc2NCc2nc(C)c3c(n2)CCCC3)C1. The van der Waals surface area contributed by atoms with Gasteiger partial charge in [-0.3, -0.25) is 4.79 Å². The van der Waals surface area contributed by atoms with E-state index in [2.05, 4.69) is 22.2 Å². The molecule has 2 aromatic rings. The molecule has 0 saturated heterocycles. The monoisotopic (exact) mass is 366 g/mol. The zero-order valence-corrected chi connectivity index (χ0v) is 16.3. The average molecular weight is 366 g/mol. The van der Waals surface area contributed by atoms with E-state index >= 15 is 0 Å². The van der Waals surface area contributed by atoms with Gasteiger partial charge in [-0.05, 0) is 51.5 Å². The highest BCUT2D eigenvalue weighted by molar-refractivity contribution is 5.73. The number of aryl methyl sites for hydroxylation is 3. The molecule has 0 fully saturated rings. The summed E-state index contributed by atoms with van der Waals surface area (Å²) in [5, 5.41) is 3.43. The molecule has 7 heteroatoms. The lowest BCUT2D eigenvalue weighted by Crippen LogP contribution is -2.35. The van der Waals surface area contributed by atoms with E-state index in [1.54, 1.807) is 6.92 Å². The smallest absolute Gasteiger partial charge is 0.219 e. The summed E-state index contributed by atoms with van der Waals surface area (Å²) < 4.78 is 0. The fraction of sp³-hybridized carbons (Fsp3) is 0.550. The topological polar surface area (TPSA) is 83.9 Å². The van der Waals surface area contributed by atoms with Crippen molar-refractivity contribution < 1.29 is 4.79 Å². The van der Waals surface area contributed by atoms with E-state index in [9.17, 15) is 4.79 Å². The van der Waals surface area contributed by atoms with Crippen LogP contribution in [0.3, 0.4) is 0 Å². The lowest BCUT2D eigenvalue weighted by molar-refractivity contribution is -0.129. The molecule has 0 spiro atoms. The number of hydrogen-bond acceptors (Lipinski definition) is 6. The molecule has 142 valence electrons. The minimum atomic E-state index is 0.0874. The first kappa shape index (κ1) is 17.8. The van der Waals surface area contributed by atoms with Crippen LogP contribution in [0.25, 0.3) is 0 Å². The molecule has 0 aromatic carbocycles. The van der Waals surface area contributed by atoms with Crippen molar-refractivity contribution in [3.8, 4) is 0 Å². The summed E-state index contributed by atoms with van der Waals surface area (Å²) in [5.41, 5.74) is 5.70. The van der Waals surface area contributed by atoms with E-state index < -0.39 is 0 Å². The Morgan fingerprint density at radius 1 is 1.00 bits per heavy atom. The molecule has 0 bridgehead atoms. The molecule has 3 heterocycles. The van der Waals surface area contributed by atoms with E-state index in [1.165, 1.54) is 24.1 Å². The Kier molecular flexibility index (Phi) is 4.76. The number of amides is 1. The summed E-state index contributed by atoms with van der Waals surface area (Å²) in [4.78, 5) is 32.2. The van der Waals surface area contributed by atoms with Crippen molar-refractivity contribution in [3.05, 3.63) is 39.9 Å². The zero-order valence-electron chi connectivity index (χ0n) is 16.3. The number of fused-ring (bicyclic) bond motifs is 2. The number of carbonyl (C=O) groups is 1. The van der Waals surface area contributed by atoms with E-state index in [4.69, 9.17) is 9.97 Å². The summed E-state index contributed by atoms with van der Waals surface area (Å²) in [7, 11) is 0. The van der Waals surface area contributed by atoms with Gasteiger partial charge in [-0.1, -0.05) is 0 Å². The Morgan fingerprint density at radius 2 is 1.81 bits per heavy atom. The highest BCUT2D eigenvalue weighted by atomic mass is 16.2. The summed E-state index contributed by atoms with van der Waals surface area (Å²) in [5.74, 6) is 2.47. The van der Waals surface area contributed by atoms with Crippen LogP contribution in [0.1, 0.15) is 59.6 Å². The third kappa shape index (κ3) is 3.63. The second-order valence-corrected chi connectivity index (χ2v) is 7.45. The van der Waals surface area contributed by atoms with Crippen LogP contribution in [0.5, 0.6) is 0 Å². The molecule has 27 heavy (non-hydrogen) atoms. The van der Waals surface area contributed by atoms with Crippen LogP contribution < -0.4 is 5.32 Å². The molecular weight excluding hydrogens is 340 g/mol. The lowest BCUT2D eigenvalue weighted by Gasteiger charge is -2.28. The molecule has 7 nitrogen and oxygen atoms in total. The lowest BCUT2D eigenvalue weighted by atomic mass is 9.95. The largest absolute Gasteiger partial charge is 0.362 e. The summed E-state index contributed by atoms with van der Waals surface area (Å²) in [6.07, 6.45) is 5.36. The summed E-state index contributed by atoms with van der Waals surface area (Å²) >= 11 is 0. The molecular formula is C20H26N6O. The van der Waals surface area contributed by atoms with Gasteiger partial charge in [0.15, 0.2) is 0 Å². The Bertz CT molecular complexity index is 895. The summed E-state index contributed by atoms with van der Waals surface area (Å²) in [6.45, 7) is 7.39. The molecule has 1 aliphatic heterocycles. The van der Waals surface area contributed by atoms with E-state index in [0.717, 1.165) is 47.9 Å². The summed E-state index contributed by atoms with van der Waals surface area (Å²) in [6, 6.07) is 0. The van der Waals surface area contributed by atoms with Crippen LogP contribution in [0.4, 0.5) is 5.82 Å². The number of nitrogens with zero attached hydrogens (tertiary/aromatic N) is 5. The van der Waals surface area contributed by atoms with Gasteiger partial charge in [0.25, 0.3) is 0 Å². The number of aromatic nitrogens is 4. The first-order valence-electron chi connectivity index (χ1n) is 9.72. The van der Waals surface area contributed by atoms with Crippen molar-refractivity contribution in [2.45, 2.75) is 66.0 Å². The predicted molar refractivity (Wildman–Crippen MR) is 102 cm³/mol. The van der Waals surface area contributed by atoms with Crippen LogP contribution in [0, 0.1) is 13.8 Å². The molecule has 0 atom stereocenters. The first-order chi connectivity index (χ1) is 13.0. The number of hydrogen-bond donors (Lipinski definition) is 1. The Labute approximate surface area is 159 Å². The van der Waals surface area contributed by atoms with Gasteiger partial charge in [0, 0.05) is 30.4 Å². The van der Waals surface area contributed by atoms with Crippen LogP contribution in [0.15, 0.2) is 0 Å². The number of rotatable bonds is 3. The Hall–Kier alpha value is -2.57. The minimum absolute atomic E-state index is 0.0874. The molecule has 2 aromatic heterocycles. The van der Waals surface area contributed by atoms with Crippen LogP contribution in [0.2, 0.25) is 0 Å². The van der Waals surface area contributed by atoms with Crippen molar-refractivity contribution in [1.29, 1.82) is 0 Å². The van der Waals surface area contributed by atoms with Crippen molar-refractivity contribution in [2.75, 3.05) is 11.9 Å². The van der Waals surface area contributed by atoms with Crippen molar-refractivity contribution in [2.24, 2.45) is 0 Å². The van der Waals surface area contributed by atoms with Crippen molar-refractivity contribution in [1.82, 2.24) is 24.8 Å². The standard InChI is InChI=1S/C20H26N6O/c1-12-15-6-4-5-7-17(15)25-19(22-12)10-21-20-16-8-9-26(14(3)27)11-18(16)23-13(2)24-20/h4-11H2,1-3H3,(H,21,23,24). The van der Waals surface area contributed by atoms with Gasteiger partial charge in [-0.25, -0.2) is 19.9 Å². The normalized spacial score (nSPS) is 15.9. The predicted octanol–water partition coefficient (Wildman–Crippen LogP) is 2.28. The van der Waals surface area contributed by atoms with Gasteiger partial charge < -0.3 is 10.2 Å². The second kappa shape index (κ2) is 7.21. The highest BCUT2D eigenvalue weighted by Crippen LogP contribution is 2.25. The highest BCUT2D eigenvalue weighted by Gasteiger charge is 2.23. The Morgan fingerprint density at radius 3 is 2.63 bits per heavy atom. The molecule has 0 saturated carbocycles. The minimum Gasteiger partial charge on any atom is -0.362 e. The van der Waals surface area contributed by atoms with Crippen molar-refractivity contribution >= 4 is 11.7 Å². The van der Waals surface area contributed by atoms with Gasteiger partial charge >= 0.3 is 0 Å². The fourth-order valence-electron chi connectivity index (χ4n) is 4.06. The molecule has 4 rings (SSSR count). The van der Waals surface area contributed by atoms with Gasteiger partial charge in [0.2, 0.25) is 5.91 Å². The quantitative estimate of drug-likeness (QED) is 0.897. The zero-order chi connectivity index (χ0) is 19.0.